The van der Waals surface area contributed by atoms with E-state index in [4.69, 9.17) is 14.6 Å². The summed E-state index contributed by atoms with van der Waals surface area (Å²) in [7, 11) is 0. The van der Waals surface area contributed by atoms with Gasteiger partial charge < -0.3 is 14.6 Å². The highest BCUT2D eigenvalue weighted by molar-refractivity contribution is 5.70. The molecule has 2 rings (SSSR count). The number of fused-ring (bicyclic) bond motifs is 1. The maximum absolute atomic E-state index is 11.0. The van der Waals surface area contributed by atoms with Crippen LogP contribution in [0.3, 0.4) is 0 Å². The molecule has 1 aromatic carbocycles. The summed E-state index contributed by atoms with van der Waals surface area (Å²) >= 11 is 0. The van der Waals surface area contributed by atoms with Crippen molar-refractivity contribution >= 4 is 5.97 Å². The largest absolute Gasteiger partial charge is 0.489 e. The number of hydrogen-bond acceptors (Lipinski definition) is 3. The van der Waals surface area contributed by atoms with Gasteiger partial charge in [-0.3, -0.25) is 4.79 Å². The Kier molecular flexibility index (Phi) is 3.93. The number of carboxylic acid groups (broad SMARTS) is 1. The Morgan fingerprint density at radius 3 is 2.40 bits per heavy atom. The van der Waals surface area contributed by atoms with Crippen molar-refractivity contribution in [3.8, 4) is 11.5 Å². The van der Waals surface area contributed by atoms with Crippen molar-refractivity contribution in [3.05, 3.63) is 23.3 Å². The van der Waals surface area contributed by atoms with Crippen molar-refractivity contribution in [1.82, 2.24) is 0 Å². The van der Waals surface area contributed by atoms with Crippen molar-refractivity contribution in [2.24, 2.45) is 11.3 Å². The molecule has 0 fully saturated rings. The second kappa shape index (κ2) is 5.35. The average Bonchev–Trinajstić information content (AvgIpc) is 2.50. The van der Waals surface area contributed by atoms with Crippen LogP contribution in [0.15, 0.2) is 12.1 Å². The van der Waals surface area contributed by atoms with Crippen LogP contribution in [0.2, 0.25) is 0 Å². The van der Waals surface area contributed by atoms with E-state index >= 15 is 0 Å². The van der Waals surface area contributed by atoms with Crippen LogP contribution in [0, 0.1) is 18.3 Å². The zero-order valence-corrected chi connectivity index (χ0v) is 12.5. The fraction of sp³-hybridized carbons (Fsp3) is 0.562. The van der Waals surface area contributed by atoms with Crippen LogP contribution in [0.4, 0.5) is 0 Å². The quantitative estimate of drug-likeness (QED) is 0.923. The Balaban J connectivity index is 2.26. The summed E-state index contributed by atoms with van der Waals surface area (Å²) in [5.41, 5.74) is 2.02. The molecule has 0 radical (unpaired) electrons. The number of hydrogen-bond donors (Lipinski definition) is 1. The molecule has 1 atom stereocenters. The molecule has 1 unspecified atom stereocenters. The van der Waals surface area contributed by atoms with Gasteiger partial charge in [-0.1, -0.05) is 20.8 Å². The molecule has 0 saturated heterocycles. The number of aryl methyl sites for hydroxylation is 1. The fourth-order valence-corrected chi connectivity index (χ4v) is 2.15. The van der Waals surface area contributed by atoms with Crippen molar-refractivity contribution in [1.29, 1.82) is 0 Å². The van der Waals surface area contributed by atoms with Crippen molar-refractivity contribution in [2.75, 3.05) is 13.2 Å². The summed E-state index contributed by atoms with van der Waals surface area (Å²) in [6, 6.07) is 3.87. The van der Waals surface area contributed by atoms with E-state index in [0.29, 0.717) is 25.4 Å². The molecule has 1 aromatic rings. The highest BCUT2D eigenvalue weighted by Crippen LogP contribution is 2.36. The first-order chi connectivity index (χ1) is 9.28. The molecule has 0 amide bonds. The normalized spacial score (nSPS) is 18.2. The topological polar surface area (TPSA) is 55.8 Å². The Bertz CT molecular complexity index is 519. The lowest BCUT2D eigenvalue weighted by Crippen LogP contribution is -2.26. The van der Waals surface area contributed by atoms with Gasteiger partial charge >= 0.3 is 5.97 Å². The Labute approximate surface area is 119 Å². The molecular formula is C16H22O4. The molecule has 1 aliphatic heterocycles. The Morgan fingerprint density at radius 2 is 1.85 bits per heavy atom. The molecule has 20 heavy (non-hydrogen) atoms. The molecule has 0 bridgehead atoms. The summed E-state index contributed by atoms with van der Waals surface area (Å²) < 4.78 is 11.6. The number of rotatable bonds is 3. The van der Waals surface area contributed by atoms with E-state index in [9.17, 15) is 4.79 Å². The Morgan fingerprint density at radius 1 is 1.30 bits per heavy atom. The summed E-state index contributed by atoms with van der Waals surface area (Å²) in [5, 5.41) is 9.03. The van der Waals surface area contributed by atoms with Gasteiger partial charge in [0, 0.05) is 5.41 Å². The van der Waals surface area contributed by atoms with Crippen LogP contribution in [-0.4, -0.2) is 24.3 Å². The number of ether oxygens (including phenoxy) is 2. The smallest absolute Gasteiger partial charge is 0.306 e. The molecule has 110 valence electrons. The highest BCUT2D eigenvalue weighted by atomic mass is 16.5. The van der Waals surface area contributed by atoms with Crippen LogP contribution in [0.1, 0.15) is 31.9 Å². The van der Waals surface area contributed by atoms with E-state index < -0.39 is 11.9 Å². The van der Waals surface area contributed by atoms with Crippen LogP contribution in [0.25, 0.3) is 0 Å². The molecule has 4 nitrogen and oxygen atoms in total. The zero-order valence-electron chi connectivity index (χ0n) is 12.5. The molecule has 1 aliphatic rings. The minimum Gasteiger partial charge on any atom is -0.489 e. The summed E-state index contributed by atoms with van der Waals surface area (Å²) in [6.45, 7) is 9.09. The first-order valence-corrected chi connectivity index (χ1v) is 6.90. The van der Waals surface area contributed by atoms with E-state index in [-0.39, 0.29) is 5.41 Å². The van der Waals surface area contributed by atoms with Gasteiger partial charge in [-0.25, -0.2) is 0 Å². The van der Waals surface area contributed by atoms with Gasteiger partial charge in [0.2, 0.25) is 0 Å². The third kappa shape index (κ3) is 3.24. The summed E-state index contributed by atoms with van der Waals surface area (Å²) in [5.74, 6) is 0.279. The second-order valence-electron chi connectivity index (χ2n) is 6.41. The third-order valence-corrected chi connectivity index (χ3v) is 3.59. The molecule has 0 aliphatic carbocycles. The third-order valence-electron chi connectivity index (χ3n) is 3.59. The molecule has 1 N–H and O–H groups in total. The van der Waals surface area contributed by atoms with E-state index in [1.807, 2.05) is 19.1 Å². The van der Waals surface area contributed by atoms with Gasteiger partial charge in [0.25, 0.3) is 0 Å². The van der Waals surface area contributed by atoms with Crippen molar-refractivity contribution < 1.29 is 19.4 Å². The van der Waals surface area contributed by atoms with Gasteiger partial charge in [0.05, 0.1) is 19.1 Å². The second-order valence-corrected chi connectivity index (χ2v) is 6.41. The molecule has 4 heteroatoms. The molecular weight excluding hydrogens is 256 g/mol. The molecule has 0 aromatic heterocycles. The Hall–Kier alpha value is -1.71. The van der Waals surface area contributed by atoms with E-state index in [1.54, 1.807) is 6.92 Å². The standard InChI is InChI=1S/C16H22O4/c1-10-6-13-14(20-9-16(3,4)8-19-13)7-12(10)5-11(2)15(17)18/h6-7,11H,5,8-9H2,1-4H3,(H,17,18). The van der Waals surface area contributed by atoms with Gasteiger partial charge in [-0.2, -0.15) is 0 Å². The monoisotopic (exact) mass is 278 g/mol. The van der Waals surface area contributed by atoms with Crippen LogP contribution >= 0.6 is 0 Å². The number of aliphatic carboxylic acids is 1. The summed E-state index contributed by atoms with van der Waals surface area (Å²) in [6.07, 6.45) is 0.501. The lowest BCUT2D eigenvalue weighted by Gasteiger charge is -2.19. The molecule has 1 heterocycles. The van der Waals surface area contributed by atoms with Crippen molar-refractivity contribution in [2.45, 2.75) is 34.1 Å². The fourth-order valence-electron chi connectivity index (χ4n) is 2.15. The van der Waals surface area contributed by atoms with E-state index in [1.165, 1.54) is 0 Å². The molecule has 0 saturated carbocycles. The SMILES string of the molecule is Cc1cc2c(cc1CC(C)C(=O)O)OCC(C)(C)CO2. The number of benzene rings is 1. The predicted octanol–water partition coefficient (Wildman–Crippen LogP) is 3.06. The lowest BCUT2D eigenvalue weighted by molar-refractivity contribution is -0.141. The van der Waals surface area contributed by atoms with E-state index in [0.717, 1.165) is 16.9 Å². The highest BCUT2D eigenvalue weighted by Gasteiger charge is 2.26. The van der Waals surface area contributed by atoms with Gasteiger partial charge in [0.15, 0.2) is 11.5 Å². The number of carboxylic acids is 1. The minimum atomic E-state index is -0.780. The van der Waals surface area contributed by atoms with E-state index in [2.05, 4.69) is 13.8 Å². The number of carbonyl (C=O) groups is 1. The van der Waals surface area contributed by atoms with Gasteiger partial charge in [0.1, 0.15) is 0 Å². The maximum atomic E-state index is 11.0. The van der Waals surface area contributed by atoms with Crippen LogP contribution < -0.4 is 9.47 Å². The minimum absolute atomic E-state index is 0.0263. The predicted molar refractivity (Wildman–Crippen MR) is 76.5 cm³/mol. The van der Waals surface area contributed by atoms with Crippen LogP contribution in [0.5, 0.6) is 11.5 Å². The van der Waals surface area contributed by atoms with Crippen molar-refractivity contribution in [3.63, 3.8) is 0 Å². The average molecular weight is 278 g/mol. The first kappa shape index (κ1) is 14.7. The van der Waals surface area contributed by atoms with Gasteiger partial charge in [-0.15, -0.1) is 0 Å². The lowest BCUT2D eigenvalue weighted by atomic mass is 9.97. The first-order valence-electron chi connectivity index (χ1n) is 6.90. The van der Waals surface area contributed by atoms with Crippen LogP contribution in [-0.2, 0) is 11.2 Å². The zero-order chi connectivity index (χ0) is 14.9. The van der Waals surface area contributed by atoms with Gasteiger partial charge in [-0.05, 0) is 36.6 Å². The summed E-state index contributed by atoms with van der Waals surface area (Å²) in [4.78, 5) is 11.0. The molecule has 0 spiro atoms. The maximum Gasteiger partial charge on any atom is 0.306 e.